The molecule has 116 valence electrons. The summed E-state index contributed by atoms with van der Waals surface area (Å²) in [5.74, 6) is 0.0901. The summed E-state index contributed by atoms with van der Waals surface area (Å²) < 4.78 is 30.4. The highest BCUT2D eigenvalue weighted by Gasteiger charge is 2.21. The fourth-order valence-electron chi connectivity index (χ4n) is 1.26. The number of hydrogen-bond acceptors (Lipinski definition) is 8. The van der Waals surface area contributed by atoms with Gasteiger partial charge in [-0.05, 0) is 12.1 Å². The number of carbonyl (C=O) groups excluding carboxylic acids is 1. The van der Waals surface area contributed by atoms with Crippen molar-refractivity contribution in [2.45, 2.75) is 0 Å². The number of ether oxygens (including phenoxy) is 2. The van der Waals surface area contributed by atoms with Gasteiger partial charge in [0.2, 0.25) is 0 Å². The summed E-state index contributed by atoms with van der Waals surface area (Å²) in [6, 6.07) is 4.89. The normalized spacial score (nSPS) is 11.0. The molecular formula is C11H14NO8P. The Kier molecular flexibility index (Phi) is 6.29. The molecule has 0 radical (unpaired) electrons. The summed E-state index contributed by atoms with van der Waals surface area (Å²) in [5, 5.41) is 10.4. The first kappa shape index (κ1) is 17.1. The molecule has 0 aliphatic carbocycles. The molecule has 0 saturated heterocycles. The highest BCUT2D eigenvalue weighted by atomic mass is 31.2. The number of nitro groups is 1. The zero-order valence-corrected chi connectivity index (χ0v) is 12.3. The van der Waals surface area contributed by atoms with E-state index in [1.807, 2.05) is 0 Å². The van der Waals surface area contributed by atoms with Crippen LogP contribution < -0.4 is 4.74 Å². The lowest BCUT2D eigenvalue weighted by atomic mass is 10.3. The third-order valence-corrected chi connectivity index (χ3v) is 4.23. The minimum atomic E-state index is -3.25. The van der Waals surface area contributed by atoms with Crippen LogP contribution in [0.15, 0.2) is 24.3 Å². The lowest BCUT2D eigenvalue weighted by Gasteiger charge is -2.13. The van der Waals surface area contributed by atoms with E-state index < -0.39 is 18.7 Å². The Balaban J connectivity index is 2.44. The number of nitrogens with zero attached hydrogens (tertiary/aromatic N) is 1. The van der Waals surface area contributed by atoms with Crippen LogP contribution in [-0.2, 0) is 18.3 Å². The van der Waals surface area contributed by atoms with Crippen LogP contribution in [0, 0.1) is 10.1 Å². The van der Waals surface area contributed by atoms with Crippen molar-refractivity contribution in [3.05, 3.63) is 34.4 Å². The molecule has 0 heterocycles. The lowest BCUT2D eigenvalue weighted by Crippen LogP contribution is -2.14. The minimum Gasteiger partial charge on any atom is -0.433 e. The second kappa shape index (κ2) is 7.72. The molecule has 0 bridgehead atoms. The first-order valence-electron chi connectivity index (χ1n) is 5.70. The van der Waals surface area contributed by atoms with Crippen LogP contribution in [0.3, 0.4) is 0 Å². The molecule has 0 aliphatic rings. The van der Waals surface area contributed by atoms with Gasteiger partial charge < -0.3 is 18.5 Å². The van der Waals surface area contributed by atoms with E-state index in [1.54, 1.807) is 0 Å². The van der Waals surface area contributed by atoms with E-state index in [4.69, 9.17) is 9.47 Å². The van der Waals surface area contributed by atoms with E-state index >= 15 is 0 Å². The molecule has 1 aromatic rings. The summed E-state index contributed by atoms with van der Waals surface area (Å²) in [4.78, 5) is 21.2. The number of non-ortho nitro benzene ring substituents is 1. The molecule has 0 aromatic heterocycles. The lowest BCUT2D eigenvalue weighted by molar-refractivity contribution is -0.384. The van der Waals surface area contributed by atoms with Gasteiger partial charge in [-0.15, -0.1) is 0 Å². The Labute approximate surface area is 120 Å². The van der Waals surface area contributed by atoms with Crippen LogP contribution in [0.4, 0.5) is 10.5 Å². The summed E-state index contributed by atoms with van der Waals surface area (Å²) in [6.07, 6.45) is -1.14. The largest absolute Gasteiger partial charge is 0.513 e. The molecule has 9 nitrogen and oxygen atoms in total. The maximum absolute atomic E-state index is 11.7. The van der Waals surface area contributed by atoms with Crippen LogP contribution in [0.2, 0.25) is 0 Å². The van der Waals surface area contributed by atoms with Crippen LogP contribution in [0.1, 0.15) is 0 Å². The van der Waals surface area contributed by atoms with Gasteiger partial charge in [-0.3, -0.25) is 14.7 Å². The van der Waals surface area contributed by atoms with E-state index in [0.717, 1.165) is 0 Å². The van der Waals surface area contributed by atoms with Gasteiger partial charge >= 0.3 is 13.8 Å². The highest BCUT2D eigenvalue weighted by Crippen LogP contribution is 2.45. The zero-order chi connectivity index (χ0) is 15.9. The molecule has 0 saturated carbocycles. The number of carbonyl (C=O) groups is 1. The van der Waals surface area contributed by atoms with Crippen molar-refractivity contribution in [2.24, 2.45) is 0 Å². The molecule has 1 aromatic carbocycles. The summed E-state index contributed by atoms with van der Waals surface area (Å²) in [5.41, 5.74) is -0.128. The highest BCUT2D eigenvalue weighted by molar-refractivity contribution is 7.53. The summed E-state index contributed by atoms with van der Waals surface area (Å²) >= 11 is 0. The monoisotopic (exact) mass is 319 g/mol. The first-order valence-corrected chi connectivity index (χ1v) is 7.42. The van der Waals surface area contributed by atoms with Gasteiger partial charge in [-0.1, -0.05) is 0 Å². The van der Waals surface area contributed by atoms with Crippen molar-refractivity contribution in [1.82, 2.24) is 0 Å². The van der Waals surface area contributed by atoms with Crippen molar-refractivity contribution in [3.63, 3.8) is 0 Å². The van der Waals surface area contributed by atoms with Gasteiger partial charge in [0.05, 0.1) is 11.1 Å². The standard InChI is InChI=1S/C11H14NO8P/c1-17-21(16,18-2)8-7-19-11(13)20-10-5-3-9(4-6-10)12(14)15/h3-6H,7-8H2,1-2H3. The van der Waals surface area contributed by atoms with E-state index in [-0.39, 0.29) is 24.2 Å². The van der Waals surface area contributed by atoms with E-state index in [9.17, 15) is 19.5 Å². The molecule has 0 fully saturated rings. The Morgan fingerprint density at radius 2 is 1.81 bits per heavy atom. The molecule has 21 heavy (non-hydrogen) atoms. The SMILES string of the molecule is COP(=O)(CCOC(=O)Oc1ccc([N+](=O)[O-])cc1)OC. The maximum Gasteiger partial charge on any atom is 0.513 e. The average molecular weight is 319 g/mol. The van der Waals surface area contributed by atoms with Crippen LogP contribution in [-0.4, -0.2) is 38.1 Å². The molecule has 1 rings (SSSR count). The molecule has 0 amide bonds. The van der Waals surface area contributed by atoms with Crippen LogP contribution in [0.25, 0.3) is 0 Å². The minimum absolute atomic E-state index is 0.0901. The number of hydrogen-bond donors (Lipinski definition) is 0. The fraction of sp³-hybridized carbons (Fsp3) is 0.364. The van der Waals surface area contributed by atoms with Crippen molar-refractivity contribution in [2.75, 3.05) is 27.0 Å². The van der Waals surface area contributed by atoms with Crippen molar-refractivity contribution in [3.8, 4) is 5.75 Å². The Bertz CT molecular complexity index is 536. The molecule has 0 aliphatic heterocycles. The number of rotatable bonds is 7. The zero-order valence-electron chi connectivity index (χ0n) is 11.4. The second-order valence-electron chi connectivity index (χ2n) is 3.65. The number of benzene rings is 1. The third kappa shape index (κ3) is 5.50. The quantitative estimate of drug-likeness (QED) is 0.248. The molecular weight excluding hydrogens is 305 g/mol. The fourth-order valence-corrected chi connectivity index (χ4v) is 2.09. The van der Waals surface area contributed by atoms with Crippen LogP contribution >= 0.6 is 7.60 Å². The molecule has 0 unspecified atom stereocenters. The van der Waals surface area contributed by atoms with Crippen molar-refractivity contribution < 1.29 is 32.8 Å². The van der Waals surface area contributed by atoms with Gasteiger partial charge in [0.15, 0.2) is 0 Å². The second-order valence-corrected chi connectivity index (χ2v) is 6.05. The van der Waals surface area contributed by atoms with Gasteiger partial charge in [0.25, 0.3) is 5.69 Å². The molecule has 0 spiro atoms. The molecule has 0 N–H and O–H groups in total. The first-order chi connectivity index (χ1) is 9.90. The molecule has 10 heteroatoms. The Hall–Kier alpha value is -1.96. The van der Waals surface area contributed by atoms with Crippen molar-refractivity contribution >= 4 is 19.4 Å². The van der Waals surface area contributed by atoms with Gasteiger partial charge in [0, 0.05) is 26.4 Å². The predicted molar refractivity (Wildman–Crippen MR) is 71.6 cm³/mol. The maximum atomic E-state index is 11.7. The van der Waals surface area contributed by atoms with E-state index in [0.29, 0.717) is 0 Å². The Morgan fingerprint density at radius 3 is 2.29 bits per heavy atom. The Morgan fingerprint density at radius 1 is 1.24 bits per heavy atom. The van der Waals surface area contributed by atoms with Gasteiger partial charge in [-0.2, -0.15) is 0 Å². The van der Waals surface area contributed by atoms with Gasteiger partial charge in [0.1, 0.15) is 12.4 Å². The third-order valence-electron chi connectivity index (χ3n) is 2.39. The smallest absolute Gasteiger partial charge is 0.433 e. The number of nitro benzene ring substituents is 1. The summed E-state index contributed by atoms with van der Waals surface area (Å²) in [6.45, 7) is -0.217. The van der Waals surface area contributed by atoms with Crippen LogP contribution in [0.5, 0.6) is 5.75 Å². The van der Waals surface area contributed by atoms with E-state index in [1.165, 1.54) is 38.5 Å². The van der Waals surface area contributed by atoms with Crippen molar-refractivity contribution in [1.29, 1.82) is 0 Å². The topological polar surface area (TPSA) is 114 Å². The van der Waals surface area contributed by atoms with E-state index in [2.05, 4.69) is 9.05 Å². The summed E-state index contributed by atoms with van der Waals surface area (Å²) in [7, 11) is -0.802. The molecule has 0 atom stereocenters. The average Bonchev–Trinajstić information content (AvgIpc) is 2.47. The van der Waals surface area contributed by atoms with Gasteiger partial charge in [-0.25, -0.2) is 4.79 Å². The predicted octanol–water partition coefficient (Wildman–Crippen LogP) is 2.60.